The van der Waals surface area contributed by atoms with E-state index >= 15 is 0 Å². The molecule has 42 heavy (non-hydrogen) atoms. The lowest BCUT2D eigenvalue weighted by atomic mass is 10.1. The van der Waals surface area contributed by atoms with E-state index in [2.05, 4.69) is 87.5 Å². The Morgan fingerprint density at radius 3 is 2.14 bits per heavy atom. The molecular formula is C36H54N6. The molecular weight excluding hydrogens is 516 g/mol. The molecule has 1 N–H and O–H groups in total. The highest BCUT2D eigenvalue weighted by atomic mass is 15.2. The van der Waals surface area contributed by atoms with Gasteiger partial charge in [0.15, 0.2) is 0 Å². The Balaban J connectivity index is 1.38. The van der Waals surface area contributed by atoms with Crippen molar-refractivity contribution in [3.63, 3.8) is 0 Å². The van der Waals surface area contributed by atoms with Gasteiger partial charge in [-0.2, -0.15) is 0 Å². The normalized spacial score (nSPS) is 16.2. The minimum atomic E-state index is 0.936. The van der Waals surface area contributed by atoms with Gasteiger partial charge in [0, 0.05) is 49.8 Å². The van der Waals surface area contributed by atoms with Crippen LogP contribution in [0.5, 0.6) is 0 Å². The molecule has 6 heteroatoms. The summed E-state index contributed by atoms with van der Waals surface area (Å²) in [6.07, 6.45) is 13.9. The molecule has 0 aliphatic carbocycles. The van der Waals surface area contributed by atoms with Crippen LogP contribution in [0.4, 0.5) is 17.3 Å². The van der Waals surface area contributed by atoms with Crippen molar-refractivity contribution in [2.75, 3.05) is 56.0 Å². The second-order valence-corrected chi connectivity index (χ2v) is 12.4. The van der Waals surface area contributed by atoms with Crippen LogP contribution in [0.1, 0.15) is 90.0 Å². The molecule has 2 aliphatic rings. The minimum absolute atomic E-state index is 0.936. The van der Waals surface area contributed by atoms with Crippen molar-refractivity contribution in [3.05, 3.63) is 54.6 Å². The first kappa shape index (κ1) is 30.5. The smallest absolute Gasteiger partial charge is 0.208 e. The minimum Gasteiger partial charge on any atom is -0.372 e. The first-order chi connectivity index (χ1) is 20.7. The van der Waals surface area contributed by atoms with Crippen molar-refractivity contribution in [1.82, 2.24) is 19.4 Å². The molecule has 0 spiro atoms. The number of nitrogens with one attached hydrogen (secondary N) is 1. The zero-order valence-electron chi connectivity index (χ0n) is 26.4. The van der Waals surface area contributed by atoms with Crippen molar-refractivity contribution in [1.29, 1.82) is 0 Å². The van der Waals surface area contributed by atoms with E-state index in [1.165, 1.54) is 107 Å². The fourth-order valence-electron chi connectivity index (χ4n) is 6.56. The van der Waals surface area contributed by atoms with Gasteiger partial charge in [0.25, 0.3) is 0 Å². The van der Waals surface area contributed by atoms with Gasteiger partial charge in [0.2, 0.25) is 5.95 Å². The van der Waals surface area contributed by atoms with Crippen LogP contribution in [0.25, 0.3) is 16.7 Å². The van der Waals surface area contributed by atoms with Gasteiger partial charge in [0.05, 0.1) is 11.0 Å². The Morgan fingerprint density at radius 1 is 0.810 bits per heavy atom. The average molecular weight is 571 g/mol. The molecule has 5 rings (SSSR count). The van der Waals surface area contributed by atoms with Crippen LogP contribution in [0.2, 0.25) is 0 Å². The van der Waals surface area contributed by atoms with Crippen molar-refractivity contribution >= 4 is 34.1 Å². The van der Waals surface area contributed by atoms with Crippen LogP contribution in [-0.2, 0) is 6.54 Å². The summed E-state index contributed by atoms with van der Waals surface area (Å²) in [5.41, 5.74) is 7.02. The summed E-state index contributed by atoms with van der Waals surface area (Å²) in [6, 6.07) is 15.7. The molecule has 0 atom stereocenters. The van der Waals surface area contributed by atoms with Gasteiger partial charge in [-0.1, -0.05) is 45.8 Å². The van der Waals surface area contributed by atoms with Crippen LogP contribution in [0.3, 0.4) is 0 Å². The average Bonchev–Trinajstić information content (AvgIpc) is 3.38. The Kier molecular flexibility index (Phi) is 11.2. The third-order valence-corrected chi connectivity index (χ3v) is 9.18. The predicted octanol–water partition coefficient (Wildman–Crippen LogP) is 8.52. The molecule has 0 radical (unpaired) electrons. The van der Waals surface area contributed by atoms with Crippen molar-refractivity contribution < 1.29 is 0 Å². The zero-order chi connectivity index (χ0) is 29.1. The number of benzene rings is 2. The first-order valence-corrected chi connectivity index (χ1v) is 16.9. The van der Waals surface area contributed by atoms with Crippen LogP contribution in [-0.4, -0.2) is 65.2 Å². The van der Waals surface area contributed by atoms with Crippen molar-refractivity contribution in [2.24, 2.45) is 0 Å². The monoisotopic (exact) mass is 570 g/mol. The van der Waals surface area contributed by atoms with Crippen molar-refractivity contribution in [3.8, 4) is 0 Å². The molecule has 6 nitrogen and oxygen atoms in total. The van der Waals surface area contributed by atoms with E-state index < -0.39 is 0 Å². The predicted molar refractivity (Wildman–Crippen MR) is 181 cm³/mol. The summed E-state index contributed by atoms with van der Waals surface area (Å²) in [5, 5.41) is 3.69. The van der Waals surface area contributed by atoms with Gasteiger partial charge < -0.3 is 24.6 Å². The number of aryl methyl sites for hydroxylation is 1. The summed E-state index contributed by atoms with van der Waals surface area (Å²) in [5.74, 6) is 0.936. The third-order valence-electron chi connectivity index (χ3n) is 9.18. The zero-order valence-corrected chi connectivity index (χ0v) is 26.4. The highest BCUT2D eigenvalue weighted by Gasteiger charge is 2.17. The number of rotatable bonds is 15. The Morgan fingerprint density at radius 2 is 1.48 bits per heavy atom. The molecule has 2 aromatic carbocycles. The van der Waals surface area contributed by atoms with Crippen LogP contribution in [0.15, 0.2) is 49.0 Å². The fourth-order valence-corrected chi connectivity index (χ4v) is 6.56. The molecule has 0 saturated carbocycles. The Hall–Kier alpha value is -2.99. The van der Waals surface area contributed by atoms with Crippen LogP contribution in [0, 0.1) is 0 Å². The summed E-state index contributed by atoms with van der Waals surface area (Å²) < 4.78 is 2.41. The van der Waals surface area contributed by atoms with E-state index in [-0.39, 0.29) is 0 Å². The SMILES string of the molecule is C=C(c1ccc2nc(Nc3ccc(N4CCCCC4)cc3)n(CCCN3CCCCC3)c2c1)N(CCCC)CCCC. The van der Waals surface area contributed by atoms with Crippen LogP contribution < -0.4 is 10.2 Å². The van der Waals surface area contributed by atoms with E-state index in [1.54, 1.807) is 0 Å². The van der Waals surface area contributed by atoms with Crippen molar-refractivity contribution in [2.45, 2.75) is 91.0 Å². The summed E-state index contributed by atoms with van der Waals surface area (Å²) >= 11 is 0. The van der Waals surface area contributed by atoms with Crippen LogP contribution >= 0.6 is 0 Å². The lowest BCUT2D eigenvalue weighted by Gasteiger charge is -2.28. The number of imidazole rings is 1. The lowest BCUT2D eigenvalue weighted by Crippen LogP contribution is -2.31. The molecule has 0 unspecified atom stereocenters. The molecule has 3 aromatic rings. The number of hydrogen-bond donors (Lipinski definition) is 1. The molecule has 2 aliphatic heterocycles. The number of fused-ring (bicyclic) bond motifs is 1. The molecule has 2 saturated heterocycles. The van der Waals surface area contributed by atoms with Gasteiger partial charge >= 0.3 is 0 Å². The quantitative estimate of drug-likeness (QED) is 0.198. The van der Waals surface area contributed by atoms with E-state index in [0.29, 0.717) is 0 Å². The van der Waals surface area contributed by atoms with Gasteiger partial charge in [0.1, 0.15) is 0 Å². The number of likely N-dealkylation sites (tertiary alicyclic amines) is 1. The maximum atomic E-state index is 5.11. The molecule has 3 heterocycles. The van der Waals surface area contributed by atoms with E-state index in [1.807, 2.05) is 0 Å². The summed E-state index contributed by atoms with van der Waals surface area (Å²) in [7, 11) is 0. The molecule has 0 amide bonds. The Labute approximate surface area is 254 Å². The van der Waals surface area contributed by atoms with Gasteiger partial charge in [-0.3, -0.25) is 0 Å². The standard InChI is InChI=1S/C36H54N6/c1-4-6-24-40(25-7-5-2)30(3)31-15-20-34-35(29-31)42(28-14-23-39-21-10-8-11-22-39)36(38-34)37-32-16-18-33(19-17-32)41-26-12-9-13-27-41/h15-20,29H,3-14,21-28H2,1-2H3,(H,37,38). The second kappa shape index (κ2) is 15.5. The first-order valence-electron chi connectivity index (χ1n) is 16.9. The van der Waals surface area contributed by atoms with Gasteiger partial charge in [-0.15, -0.1) is 0 Å². The molecule has 0 bridgehead atoms. The second-order valence-electron chi connectivity index (χ2n) is 12.4. The third kappa shape index (κ3) is 7.89. The topological polar surface area (TPSA) is 39.6 Å². The van der Waals surface area contributed by atoms with E-state index in [0.717, 1.165) is 55.4 Å². The summed E-state index contributed by atoms with van der Waals surface area (Å²) in [6.45, 7) is 18.2. The number of piperidine rings is 2. The number of nitrogens with zero attached hydrogens (tertiary/aromatic N) is 5. The van der Waals surface area contributed by atoms with Gasteiger partial charge in [-0.25, -0.2) is 4.98 Å². The Bertz CT molecular complexity index is 1240. The lowest BCUT2D eigenvalue weighted by molar-refractivity contribution is 0.223. The number of anilines is 3. The molecule has 1 aromatic heterocycles. The van der Waals surface area contributed by atoms with E-state index in [9.17, 15) is 0 Å². The number of hydrogen-bond acceptors (Lipinski definition) is 5. The number of aromatic nitrogens is 2. The summed E-state index contributed by atoms with van der Waals surface area (Å²) in [4.78, 5) is 12.8. The maximum Gasteiger partial charge on any atom is 0.208 e. The fraction of sp³-hybridized carbons (Fsp3) is 0.583. The van der Waals surface area contributed by atoms with Gasteiger partial charge in [-0.05, 0) is 113 Å². The largest absolute Gasteiger partial charge is 0.372 e. The van der Waals surface area contributed by atoms with E-state index in [4.69, 9.17) is 4.98 Å². The maximum absolute atomic E-state index is 5.11. The highest BCUT2D eigenvalue weighted by Crippen LogP contribution is 2.29. The molecule has 228 valence electrons. The molecule has 2 fully saturated rings. The number of unbranched alkanes of at least 4 members (excludes halogenated alkanes) is 2. The highest BCUT2D eigenvalue weighted by molar-refractivity contribution is 5.83.